The van der Waals surface area contributed by atoms with E-state index in [-0.39, 0.29) is 35.3 Å². The molecule has 2 N–H and O–H groups in total. The molecule has 0 spiro atoms. The highest BCUT2D eigenvalue weighted by molar-refractivity contribution is 14.0. The minimum Gasteiger partial charge on any atom is -0.370 e. The Bertz CT molecular complexity index is 508. The van der Waals surface area contributed by atoms with E-state index < -0.39 is 0 Å². The van der Waals surface area contributed by atoms with Gasteiger partial charge >= 0.3 is 0 Å². The first-order valence-electron chi connectivity index (χ1n) is 7.83. The topological polar surface area (TPSA) is 39.7 Å². The van der Waals surface area contributed by atoms with Crippen LogP contribution in [0, 0.1) is 5.82 Å². The summed E-state index contributed by atoms with van der Waals surface area (Å²) in [5.74, 6) is 0.530. The lowest BCUT2D eigenvalue weighted by molar-refractivity contribution is 0.501. The highest BCUT2D eigenvalue weighted by atomic mass is 127. The van der Waals surface area contributed by atoms with Crippen molar-refractivity contribution in [3.05, 3.63) is 29.6 Å². The minimum atomic E-state index is -0.179. The average molecular weight is 436 g/mol. The van der Waals surface area contributed by atoms with Crippen molar-refractivity contribution >= 4 is 35.6 Å². The molecule has 1 aromatic rings. The molecule has 1 aromatic carbocycles. The van der Waals surface area contributed by atoms with E-state index in [1.165, 1.54) is 0 Å². The zero-order chi connectivity index (χ0) is 16.8. The monoisotopic (exact) mass is 436 g/mol. The number of guanidine groups is 1. The Morgan fingerprint density at radius 2 is 1.83 bits per heavy atom. The van der Waals surface area contributed by atoms with Crippen molar-refractivity contribution in [2.24, 2.45) is 4.99 Å². The van der Waals surface area contributed by atoms with Crippen molar-refractivity contribution in [3.8, 4) is 0 Å². The first-order chi connectivity index (χ1) is 10.3. The van der Waals surface area contributed by atoms with Gasteiger partial charge in [-0.25, -0.2) is 4.39 Å². The molecule has 23 heavy (non-hydrogen) atoms. The van der Waals surface area contributed by atoms with Crippen molar-refractivity contribution in [1.29, 1.82) is 0 Å². The predicted octanol–water partition coefficient (Wildman–Crippen LogP) is 3.75. The highest BCUT2D eigenvalue weighted by Gasteiger charge is 2.12. The maximum atomic E-state index is 14.2. The minimum absolute atomic E-state index is 0. The Kier molecular flexibility index (Phi) is 9.49. The van der Waals surface area contributed by atoms with Crippen molar-refractivity contribution in [2.75, 3.05) is 25.0 Å². The molecule has 0 aromatic heterocycles. The van der Waals surface area contributed by atoms with Crippen LogP contribution in [0.25, 0.3) is 0 Å². The molecule has 0 aliphatic heterocycles. The van der Waals surface area contributed by atoms with Crippen LogP contribution in [0.3, 0.4) is 0 Å². The van der Waals surface area contributed by atoms with E-state index >= 15 is 0 Å². The van der Waals surface area contributed by atoms with E-state index in [1.54, 1.807) is 13.1 Å². The van der Waals surface area contributed by atoms with Crippen LogP contribution < -0.4 is 15.5 Å². The van der Waals surface area contributed by atoms with E-state index in [2.05, 4.69) is 36.4 Å². The summed E-state index contributed by atoms with van der Waals surface area (Å²) < 4.78 is 14.2. The van der Waals surface area contributed by atoms with Gasteiger partial charge in [-0.2, -0.15) is 0 Å². The van der Waals surface area contributed by atoms with Crippen molar-refractivity contribution in [1.82, 2.24) is 10.6 Å². The molecule has 132 valence electrons. The van der Waals surface area contributed by atoms with E-state index in [1.807, 2.05) is 30.9 Å². The number of nitrogens with one attached hydrogen (secondary N) is 2. The van der Waals surface area contributed by atoms with E-state index in [4.69, 9.17) is 0 Å². The fourth-order valence-electron chi connectivity index (χ4n) is 2.20. The number of aliphatic imine (C=N–C) groups is 1. The van der Waals surface area contributed by atoms with Crippen LogP contribution in [0.4, 0.5) is 10.1 Å². The van der Waals surface area contributed by atoms with Gasteiger partial charge in [0.15, 0.2) is 5.96 Å². The molecule has 0 saturated heterocycles. The Balaban J connectivity index is 0.00000484. The molecule has 1 rings (SSSR count). The molecule has 0 amide bonds. The van der Waals surface area contributed by atoms with Gasteiger partial charge in [0.25, 0.3) is 0 Å². The van der Waals surface area contributed by atoms with Gasteiger partial charge in [-0.05, 0) is 52.3 Å². The first kappa shape index (κ1) is 21.9. The molecule has 0 unspecified atom stereocenters. The fraction of sp³-hybridized carbons (Fsp3) is 0.588. The molecule has 0 radical (unpaired) electrons. The van der Waals surface area contributed by atoms with E-state index in [0.29, 0.717) is 18.2 Å². The third kappa shape index (κ3) is 7.37. The summed E-state index contributed by atoms with van der Waals surface area (Å²) in [6.45, 7) is 12.4. The summed E-state index contributed by atoms with van der Waals surface area (Å²) in [5.41, 5.74) is 1.48. The number of anilines is 1. The van der Waals surface area contributed by atoms with Crippen LogP contribution in [0.15, 0.2) is 23.2 Å². The zero-order valence-electron chi connectivity index (χ0n) is 15.0. The van der Waals surface area contributed by atoms with Crippen molar-refractivity contribution in [2.45, 2.75) is 46.7 Å². The van der Waals surface area contributed by atoms with Gasteiger partial charge in [-0.3, -0.25) is 4.99 Å². The second-order valence-corrected chi connectivity index (χ2v) is 6.26. The van der Waals surface area contributed by atoms with Crippen LogP contribution >= 0.6 is 24.0 Å². The summed E-state index contributed by atoms with van der Waals surface area (Å²) in [6, 6.07) is 5.39. The Morgan fingerprint density at radius 3 is 2.26 bits per heavy atom. The van der Waals surface area contributed by atoms with Gasteiger partial charge in [0.2, 0.25) is 0 Å². The average Bonchev–Trinajstić information content (AvgIpc) is 2.45. The molecule has 0 aliphatic rings. The van der Waals surface area contributed by atoms with Crippen LogP contribution in [0.1, 0.15) is 40.2 Å². The Morgan fingerprint density at radius 1 is 1.22 bits per heavy atom. The molecule has 0 fully saturated rings. The fourth-order valence-corrected chi connectivity index (χ4v) is 2.20. The molecule has 0 bridgehead atoms. The van der Waals surface area contributed by atoms with Gasteiger partial charge < -0.3 is 15.5 Å². The van der Waals surface area contributed by atoms with Gasteiger partial charge in [0.05, 0.1) is 5.69 Å². The molecule has 0 heterocycles. The highest BCUT2D eigenvalue weighted by Crippen LogP contribution is 2.20. The first-order valence-corrected chi connectivity index (χ1v) is 7.83. The molecular weight excluding hydrogens is 406 g/mol. The molecule has 4 nitrogen and oxygen atoms in total. The molecule has 0 saturated carbocycles. The van der Waals surface area contributed by atoms with Crippen LogP contribution in [-0.4, -0.2) is 31.6 Å². The third-order valence-corrected chi connectivity index (χ3v) is 3.29. The largest absolute Gasteiger partial charge is 0.370 e. The summed E-state index contributed by atoms with van der Waals surface area (Å²) in [4.78, 5) is 6.18. The number of benzene rings is 1. The normalized spacial score (nSPS) is 11.7. The smallest absolute Gasteiger partial charge is 0.191 e. The molecule has 6 heteroatoms. The Hall–Kier alpha value is -1.05. The van der Waals surface area contributed by atoms with Gasteiger partial charge in [0, 0.05) is 32.2 Å². The van der Waals surface area contributed by atoms with Gasteiger partial charge in [-0.15, -0.1) is 24.0 Å². The zero-order valence-corrected chi connectivity index (χ0v) is 17.4. The predicted molar refractivity (Wildman–Crippen MR) is 108 cm³/mol. The number of hydrogen-bond acceptors (Lipinski definition) is 2. The summed E-state index contributed by atoms with van der Waals surface area (Å²) in [5, 5.41) is 6.48. The molecular formula is C17H30FIN4. The summed E-state index contributed by atoms with van der Waals surface area (Å²) in [7, 11) is 1.73. The van der Waals surface area contributed by atoms with E-state index in [0.717, 1.165) is 18.7 Å². The second-order valence-electron chi connectivity index (χ2n) is 6.26. The summed E-state index contributed by atoms with van der Waals surface area (Å²) in [6.07, 6.45) is 0. The van der Waals surface area contributed by atoms with Gasteiger partial charge in [0.1, 0.15) is 5.82 Å². The SMILES string of the molecule is CCN(CC)c1ccc(CNC(=NC)NC(C)(C)C)cc1F.I. The molecule has 0 aliphatic carbocycles. The maximum Gasteiger partial charge on any atom is 0.191 e. The van der Waals surface area contributed by atoms with Crippen molar-refractivity contribution in [3.63, 3.8) is 0 Å². The lowest BCUT2D eigenvalue weighted by Gasteiger charge is -2.24. The number of hydrogen-bond donors (Lipinski definition) is 2. The van der Waals surface area contributed by atoms with Gasteiger partial charge in [-0.1, -0.05) is 6.07 Å². The second kappa shape index (κ2) is 9.95. The Labute approximate surface area is 157 Å². The lowest BCUT2D eigenvalue weighted by atomic mass is 10.1. The number of nitrogens with zero attached hydrogens (tertiary/aromatic N) is 2. The van der Waals surface area contributed by atoms with Crippen LogP contribution in [0.5, 0.6) is 0 Å². The standard InChI is InChI=1S/C17H29FN4.HI/c1-7-22(8-2)15-10-9-13(11-14(15)18)12-20-16(19-6)21-17(3,4)5;/h9-11H,7-8,12H2,1-6H3,(H2,19,20,21);1H. The summed E-state index contributed by atoms with van der Waals surface area (Å²) >= 11 is 0. The third-order valence-electron chi connectivity index (χ3n) is 3.29. The number of halogens is 2. The van der Waals surface area contributed by atoms with Crippen molar-refractivity contribution < 1.29 is 4.39 Å². The lowest BCUT2D eigenvalue weighted by Crippen LogP contribution is -2.47. The van der Waals surface area contributed by atoms with Crippen LogP contribution in [-0.2, 0) is 6.54 Å². The van der Waals surface area contributed by atoms with E-state index in [9.17, 15) is 4.39 Å². The van der Waals surface area contributed by atoms with Crippen LogP contribution in [0.2, 0.25) is 0 Å². The maximum absolute atomic E-state index is 14.2. The quantitative estimate of drug-likeness (QED) is 0.420. The molecule has 0 atom stereocenters. The number of rotatable bonds is 5.